The van der Waals surface area contributed by atoms with E-state index in [9.17, 15) is 4.79 Å². The van der Waals surface area contributed by atoms with Crippen LogP contribution in [0.3, 0.4) is 0 Å². The van der Waals surface area contributed by atoms with Crippen molar-refractivity contribution in [1.82, 2.24) is 10.3 Å². The molecule has 0 radical (unpaired) electrons. The Morgan fingerprint density at radius 2 is 2.05 bits per heavy atom. The number of pyridine rings is 1. The van der Waals surface area contributed by atoms with Gasteiger partial charge in [-0.25, -0.2) is 9.78 Å². The number of hydrogen-bond acceptors (Lipinski definition) is 2. The highest BCUT2D eigenvalue weighted by Gasteiger charge is 2.13. The van der Waals surface area contributed by atoms with Crippen LogP contribution in [0.2, 0.25) is 0 Å². The van der Waals surface area contributed by atoms with Crippen molar-refractivity contribution < 1.29 is 4.79 Å². The summed E-state index contributed by atoms with van der Waals surface area (Å²) in [6.07, 6.45) is 9.45. The number of rotatable bonds is 3. The van der Waals surface area contributed by atoms with E-state index in [1.165, 1.54) is 38.5 Å². The molecule has 1 fully saturated rings. The summed E-state index contributed by atoms with van der Waals surface area (Å²) in [5, 5.41) is 5.77. The quantitative estimate of drug-likeness (QED) is 0.818. The third-order valence-corrected chi connectivity index (χ3v) is 3.77. The van der Waals surface area contributed by atoms with Crippen LogP contribution in [0.4, 0.5) is 10.6 Å². The van der Waals surface area contributed by atoms with E-state index in [1.54, 1.807) is 6.20 Å². The Hall–Kier alpha value is -1.58. The minimum atomic E-state index is -0.147. The van der Waals surface area contributed by atoms with Crippen molar-refractivity contribution in [2.45, 2.75) is 45.4 Å². The maximum atomic E-state index is 11.8. The van der Waals surface area contributed by atoms with Crippen molar-refractivity contribution >= 4 is 11.8 Å². The standard InChI is InChI=1S/C15H23N3O/c1-12-7-6-10-16-14(12)18-15(19)17-11-13-8-4-2-3-5-9-13/h6-7,10,13H,2-5,8-9,11H2,1H3,(H2,16,17,18,19). The van der Waals surface area contributed by atoms with Gasteiger partial charge in [-0.3, -0.25) is 5.32 Å². The Bertz CT molecular complexity index is 412. The first-order valence-corrected chi connectivity index (χ1v) is 7.22. The van der Waals surface area contributed by atoms with Crippen molar-refractivity contribution in [3.8, 4) is 0 Å². The molecule has 0 atom stereocenters. The predicted octanol–water partition coefficient (Wildman–Crippen LogP) is 3.48. The zero-order valence-electron chi connectivity index (χ0n) is 11.6. The molecular formula is C15H23N3O. The van der Waals surface area contributed by atoms with Gasteiger partial charge >= 0.3 is 6.03 Å². The zero-order chi connectivity index (χ0) is 13.5. The lowest BCUT2D eigenvalue weighted by atomic mass is 10.0. The molecule has 0 aromatic carbocycles. The number of hydrogen-bond donors (Lipinski definition) is 2. The van der Waals surface area contributed by atoms with Crippen molar-refractivity contribution in [3.63, 3.8) is 0 Å². The normalized spacial score (nSPS) is 16.7. The van der Waals surface area contributed by atoms with Gasteiger partial charge < -0.3 is 5.32 Å². The third kappa shape index (κ3) is 4.54. The first kappa shape index (κ1) is 13.8. The SMILES string of the molecule is Cc1cccnc1NC(=O)NCC1CCCCCC1. The van der Waals surface area contributed by atoms with Crippen molar-refractivity contribution in [1.29, 1.82) is 0 Å². The van der Waals surface area contributed by atoms with E-state index in [0.29, 0.717) is 11.7 Å². The van der Waals surface area contributed by atoms with E-state index in [4.69, 9.17) is 0 Å². The number of nitrogens with zero attached hydrogens (tertiary/aromatic N) is 1. The minimum Gasteiger partial charge on any atom is -0.338 e. The molecule has 19 heavy (non-hydrogen) atoms. The largest absolute Gasteiger partial charge is 0.338 e. The summed E-state index contributed by atoms with van der Waals surface area (Å²) in [4.78, 5) is 16.0. The molecule has 1 heterocycles. The number of aromatic nitrogens is 1. The monoisotopic (exact) mass is 261 g/mol. The molecule has 4 nitrogen and oxygen atoms in total. The topological polar surface area (TPSA) is 54.0 Å². The van der Waals surface area contributed by atoms with Crippen molar-refractivity contribution in [3.05, 3.63) is 23.9 Å². The number of aryl methyl sites for hydroxylation is 1. The highest BCUT2D eigenvalue weighted by molar-refractivity contribution is 5.88. The molecule has 2 N–H and O–H groups in total. The van der Waals surface area contributed by atoms with Gasteiger partial charge in [0.15, 0.2) is 0 Å². The molecular weight excluding hydrogens is 238 g/mol. The van der Waals surface area contributed by atoms with Crippen molar-refractivity contribution in [2.75, 3.05) is 11.9 Å². The van der Waals surface area contributed by atoms with Gasteiger partial charge in [-0.15, -0.1) is 0 Å². The second-order valence-electron chi connectivity index (χ2n) is 5.36. The highest BCUT2D eigenvalue weighted by Crippen LogP contribution is 2.22. The minimum absolute atomic E-state index is 0.147. The van der Waals surface area contributed by atoms with Crippen LogP contribution >= 0.6 is 0 Å². The Morgan fingerprint density at radius 1 is 1.32 bits per heavy atom. The van der Waals surface area contributed by atoms with E-state index in [1.807, 2.05) is 19.1 Å². The summed E-state index contributed by atoms with van der Waals surface area (Å²) < 4.78 is 0. The van der Waals surface area contributed by atoms with Gasteiger partial charge in [0.25, 0.3) is 0 Å². The van der Waals surface area contributed by atoms with Crippen LogP contribution in [0.25, 0.3) is 0 Å². The van der Waals surface area contributed by atoms with Gasteiger partial charge in [0, 0.05) is 12.7 Å². The molecule has 0 spiro atoms. The third-order valence-electron chi connectivity index (χ3n) is 3.77. The maximum Gasteiger partial charge on any atom is 0.320 e. The van der Waals surface area contributed by atoms with E-state index < -0.39 is 0 Å². The van der Waals surface area contributed by atoms with Crippen LogP contribution in [-0.4, -0.2) is 17.6 Å². The Labute approximate surface area is 115 Å². The second-order valence-corrected chi connectivity index (χ2v) is 5.36. The van der Waals surface area contributed by atoms with E-state index in [0.717, 1.165) is 12.1 Å². The van der Waals surface area contributed by atoms with Gasteiger partial charge in [-0.1, -0.05) is 31.7 Å². The summed E-state index contributed by atoms with van der Waals surface area (Å²) in [6.45, 7) is 2.71. The number of urea groups is 1. The number of carbonyl (C=O) groups excluding carboxylic acids is 1. The van der Waals surface area contributed by atoms with Crippen LogP contribution in [0, 0.1) is 12.8 Å². The summed E-state index contributed by atoms with van der Waals surface area (Å²) in [5.41, 5.74) is 0.979. The molecule has 1 aromatic rings. The predicted molar refractivity (Wildman–Crippen MR) is 77.2 cm³/mol. The molecule has 4 heteroatoms. The zero-order valence-corrected chi connectivity index (χ0v) is 11.6. The molecule has 1 aromatic heterocycles. The summed E-state index contributed by atoms with van der Waals surface area (Å²) >= 11 is 0. The van der Waals surface area contributed by atoms with E-state index in [-0.39, 0.29) is 6.03 Å². The van der Waals surface area contributed by atoms with Crippen LogP contribution < -0.4 is 10.6 Å². The Balaban J connectivity index is 1.76. The van der Waals surface area contributed by atoms with Crippen LogP contribution in [0.15, 0.2) is 18.3 Å². The summed E-state index contributed by atoms with van der Waals surface area (Å²) in [7, 11) is 0. The van der Waals surface area contributed by atoms with Gasteiger partial charge in [0.1, 0.15) is 5.82 Å². The van der Waals surface area contributed by atoms with E-state index >= 15 is 0 Å². The lowest BCUT2D eigenvalue weighted by Crippen LogP contribution is -2.33. The fourth-order valence-corrected chi connectivity index (χ4v) is 2.57. The Kier molecular flexibility index (Phi) is 5.19. The van der Waals surface area contributed by atoms with Gasteiger partial charge in [-0.05, 0) is 37.3 Å². The molecule has 2 amide bonds. The molecule has 0 saturated heterocycles. The fraction of sp³-hybridized carbons (Fsp3) is 0.600. The molecule has 0 bridgehead atoms. The van der Waals surface area contributed by atoms with Gasteiger partial charge in [0.2, 0.25) is 0 Å². The highest BCUT2D eigenvalue weighted by atomic mass is 16.2. The first-order chi connectivity index (χ1) is 9.25. The second kappa shape index (κ2) is 7.12. The van der Waals surface area contributed by atoms with Gasteiger partial charge in [0.05, 0.1) is 0 Å². The molecule has 0 unspecified atom stereocenters. The van der Waals surface area contributed by atoms with Crippen LogP contribution in [0.5, 0.6) is 0 Å². The molecule has 1 saturated carbocycles. The number of anilines is 1. The average molecular weight is 261 g/mol. The fourth-order valence-electron chi connectivity index (χ4n) is 2.57. The lowest BCUT2D eigenvalue weighted by Gasteiger charge is -2.15. The molecule has 1 aliphatic carbocycles. The summed E-state index contributed by atoms with van der Waals surface area (Å²) in [5.74, 6) is 1.28. The van der Waals surface area contributed by atoms with Crippen LogP contribution in [0.1, 0.15) is 44.1 Å². The van der Waals surface area contributed by atoms with Gasteiger partial charge in [-0.2, -0.15) is 0 Å². The van der Waals surface area contributed by atoms with Crippen LogP contribution in [-0.2, 0) is 0 Å². The molecule has 0 aliphatic heterocycles. The molecule has 2 rings (SSSR count). The summed E-state index contributed by atoms with van der Waals surface area (Å²) in [6, 6.07) is 3.66. The number of nitrogens with one attached hydrogen (secondary N) is 2. The first-order valence-electron chi connectivity index (χ1n) is 7.22. The van der Waals surface area contributed by atoms with Crippen molar-refractivity contribution in [2.24, 2.45) is 5.92 Å². The Morgan fingerprint density at radius 3 is 2.74 bits per heavy atom. The molecule has 1 aliphatic rings. The lowest BCUT2D eigenvalue weighted by molar-refractivity contribution is 0.249. The van der Waals surface area contributed by atoms with E-state index in [2.05, 4.69) is 15.6 Å². The maximum absolute atomic E-state index is 11.8. The smallest absolute Gasteiger partial charge is 0.320 e. The molecule has 104 valence electrons. The average Bonchev–Trinajstić information content (AvgIpc) is 2.68. The number of carbonyl (C=O) groups is 1. The number of amides is 2.